The van der Waals surface area contributed by atoms with Crippen LogP contribution in [0.4, 0.5) is 11.4 Å². The summed E-state index contributed by atoms with van der Waals surface area (Å²) in [5.41, 5.74) is 5.96. The fraction of sp³-hybridized carbons (Fsp3) is 0.0667. The highest BCUT2D eigenvalue weighted by atomic mass is 32.2. The number of rotatable bonds is 7. The van der Waals surface area contributed by atoms with Crippen molar-refractivity contribution in [2.45, 2.75) is 16.7 Å². The highest BCUT2D eigenvalue weighted by Gasteiger charge is 2.28. The van der Waals surface area contributed by atoms with Crippen molar-refractivity contribution < 1.29 is 19.1 Å². The number of para-hydroxylation sites is 2. The van der Waals surface area contributed by atoms with Crippen molar-refractivity contribution in [3.8, 4) is 5.75 Å². The van der Waals surface area contributed by atoms with E-state index in [1.54, 1.807) is 83.5 Å². The lowest BCUT2D eigenvalue weighted by Gasteiger charge is -2.31. The molecule has 0 radical (unpaired) electrons. The first-order valence-electron chi connectivity index (χ1n) is 11.9. The molecule has 5 rings (SSSR count). The van der Waals surface area contributed by atoms with Crippen LogP contribution in [0.1, 0.15) is 33.2 Å². The largest absolute Gasteiger partial charge is 0.423 e. The normalized spacial score (nSPS) is 12.0. The number of benzene rings is 4. The fourth-order valence-corrected chi connectivity index (χ4v) is 4.95. The minimum absolute atomic E-state index is 0.0548. The molecule has 1 N–H and O–H groups in total. The molecule has 4 aromatic rings. The van der Waals surface area contributed by atoms with Gasteiger partial charge in [-0.05, 0) is 61.0 Å². The predicted octanol–water partition coefficient (Wildman–Crippen LogP) is 5.86. The Bertz CT molecular complexity index is 1540. The number of esters is 1. The summed E-state index contributed by atoms with van der Waals surface area (Å²) in [6.07, 6.45) is 1.57. The maximum Gasteiger partial charge on any atom is 0.343 e. The molecule has 0 fully saturated rings. The Morgan fingerprint density at radius 1 is 0.842 bits per heavy atom. The molecule has 1 aliphatic rings. The first-order valence-corrected chi connectivity index (χ1v) is 12.7. The molecule has 0 aliphatic carbocycles. The minimum atomic E-state index is -0.448. The standard InChI is InChI=1S/C30H23N3O4S/c1-20(34)23-15-16-28-26(17-23)33(25-9-5-6-10-27(25)38-28)29(35)19-32-31-18-21-11-13-22(14-12-21)30(36)37-24-7-3-2-4-8-24/h2-18,32H,19H2,1H3/b31-18+. The van der Waals surface area contributed by atoms with Gasteiger partial charge in [-0.15, -0.1) is 0 Å². The summed E-state index contributed by atoms with van der Waals surface area (Å²) in [6, 6.07) is 28.7. The molecule has 0 saturated carbocycles. The second kappa shape index (κ2) is 11.1. The third-order valence-electron chi connectivity index (χ3n) is 5.82. The molecule has 0 aromatic heterocycles. The zero-order valence-electron chi connectivity index (χ0n) is 20.5. The number of nitrogens with one attached hydrogen (secondary N) is 1. The van der Waals surface area contributed by atoms with Crippen molar-refractivity contribution in [1.29, 1.82) is 0 Å². The number of nitrogens with zero attached hydrogens (tertiary/aromatic N) is 2. The Morgan fingerprint density at radius 3 is 2.29 bits per heavy atom. The smallest absolute Gasteiger partial charge is 0.343 e. The van der Waals surface area contributed by atoms with E-state index in [2.05, 4.69) is 10.5 Å². The van der Waals surface area contributed by atoms with E-state index in [4.69, 9.17) is 4.74 Å². The maximum absolute atomic E-state index is 13.3. The van der Waals surface area contributed by atoms with Gasteiger partial charge in [0, 0.05) is 15.4 Å². The van der Waals surface area contributed by atoms with Crippen molar-refractivity contribution in [3.05, 3.63) is 114 Å². The molecule has 188 valence electrons. The number of hydrazone groups is 1. The summed E-state index contributed by atoms with van der Waals surface area (Å²) >= 11 is 1.56. The molecule has 4 aromatic carbocycles. The van der Waals surface area contributed by atoms with Crippen molar-refractivity contribution >= 4 is 47.0 Å². The molecule has 0 saturated heterocycles. The van der Waals surface area contributed by atoms with Gasteiger partial charge >= 0.3 is 5.97 Å². The zero-order chi connectivity index (χ0) is 26.5. The van der Waals surface area contributed by atoms with Crippen LogP contribution in [0.15, 0.2) is 112 Å². The molecule has 0 bridgehead atoms. The quantitative estimate of drug-likeness (QED) is 0.108. The lowest BCUT2D eigenvalue weighted by atomic mass is 10.1. The van der Waals surface area contributed by atoms with Crippen LogP contribution in [0.3, 0.4) is 0 Å². The monoisotopic (exact) mass is 521 g/mol. The SMILES string of the molecule is CC(=O)c1ccc2c(c1)N(C(=O)CN/N=C/c1ccc(C(=O)Oc3ccccc3)cc1)c1ccccc1S2. The van der Waals surface area contributed by atoms with Gasteiger partial charge in [-0.3, -0.25) is 14.5 Å². The summed E-state index contributed by atoms with van der Waals surface area (Å²) in [6.45, 7) is 1.45. The van der Waals surface area contributed by atoms with Gasteiger partial charge in [0.15, 0.2) is 5.78 Å². The van der Waals surface area contributed by atoms with Crippen LogP contribution < -0.4 is 15.1 Å². The van der Waals surface area contributed by atoms with Gasteiger partial charge in [0.2, 0.25) is 0 Å². The Kier molecular flexibility index (Phi) is 7.33. The van der Waals surface area contributed by atoms with Crippen molar-refractivity contribution in [2.24, 2.45) is 5.10 Å². The van der Waals surface area contributed by atoms with E-state index in [-0.39, 0.29) is 18.2 Å². The van der Waals surface area contributed by atoms with Gasteiger partial charge in [-0.2, -0.15) is 5.10 Å². The Balaban J connectivity index is 1.25. The molecule has 0 atom stereocenters. The number of Topliss-reactive ketones (excluding diaryl/α,β-unsaturated/α-hetero) is 1. The highest BCUT2D eigenvalue weighted by molar-refractivity contribution is 7.99. The third kappa shape index (κ3) is 5.50. The number of carbonyl (C=O) groups excluding carboxylic acids is 3. The summed E-state index contributed by atoms with van der Waals surface area (Å²) in [5.74, 6) is -0.245. The fourth-order valence-electron chi connectivity index (χ4n) is 3.91. The van der Waals surface area contributed by atoms with Crippen LogP contribution in [-0.2, 0) is 4.79 Å². The summed E-state index contributed by atoms with van der Waals surface area (Å²) in [4.78, 5) is 41.1. The van der Waals surface area contributed by atoms with Crippen LogP contribution >= 0.6 is 11.8 Å². The minimum Gasteiger partial charge on any atom is -0.423 e. The van der Waals surface area contributed by atoms with Crippen molar-refractivity contribution in [2.75, 3.05) is 11.4 Å². The highest BCUT2D eigenvalue weighted by Crippen LogP contribution is 2.48. The van der Waals surface area contributed by atoms with Crippen molar-refractivity contribution in [3.63, 3.8) is 0 Å². The van der Waals surface area contributed by atoms with Crippen LogP contribution in [-0.4, -0.2) is 30.4 Å². The summed E-state index contributed by atoms with van der Waals surface area (Å²) in [7, 11) is 0. The second-order valence-corrected chi connectivity index (χ2v) is 9.54. The predicted molar refractivity (Wildman–Crippen MR) is 148 cm³/mol. The number of amides is 1. The number of ether oxygens (including phenoxy) is 1. The van der Waals surface area contributed by atoms with Gasteiger partial charge in [-0.25, -0.2) is 4.79 Å². The Hall–Kier alpha value is -4.69. The number of fused-ring (bicyclic) bond motifs is 2. The van der Waals surface area contributed by atoms with E-state index in [9.17, 15) is 14.4 Å². The molecule has 1 heterocycles. The van der Waals surface area contributed by atoms with Gasteiger partial charge in [-0.1, -0.05) is 60.3 Å². The molecule has 38 heavy (non-hydrogen) atoms. The van der Waals surface area contributed by atoms with E-state index in [0.29, 0.717) is 22.6 Å². The second-order valence-electron chi connectivity index (χ2n) is 8.46. The Morgan fingerprint density at radius 2 is 1.53 bits per heavy atom. The molecule has 8 heteroatoms. The molecule has 7 nitrogen and oxygen atoms in total. The lowest BCUT2D eigenvalue weighted by molar-refractivity contribution is -0.117. The number of ketones is 1. The average molecular weight is 522 g/mol. The summed E-state index contributed by atoms with van der Waals surface area (Å²) in [5, 5.41) is 4.18. The van der Waals surface area contributed by atoms with Crippen LogP contribution in [0.2, 0.25) is 0 Å². The first-order chi connectivity index (χ1) is 18.5. The lowest BCUT2D eigenvalue weighted by Crippen LogP contribution is -2.35. The maximum atomic E-state index is 13.3. The molecule has 1 amide bonds. The zero-order valence-corrected chi connectivity index (χ0v) is 21.3. The van der Waals surface area contributed by atoms with Gasteiger partial charge in [0.25, 0.3) is 5.91 Å². The van der Waals surface area contributed by atoms with Gasteiger partial charge in [0.1, 0.15) is 12.3 Å². The number of carbonyl (C=O) groups is 3. The van der Waals surface area contributed by atoms with E-state index in [1.807, 2.05) is 36.4 Å². The van der Waals surface area contributed by atoms with Gasteiger partial charge in [0.05, 0.1) is 23.2 Å². The van der Waals surface area contributed by atoms with Gasteiger partial charge < -0.3 is 10.2 Å². The number of hydrogen-bond acceptors (Lipinski definition) is 7. The van der Waals surface area contributed by atoms with Crippen LogP contribution in [0.5, 0.6) is 5.75 Å². The topological polar surface area (TPSA) is 88.1 Å². The van der Waals surface area contributed by atoms with E-state index in [1.165, 1.54) is 6.92 Å². The van der Waals surface area contributed by atoms with Crippen LogP contribution in [0, 0.1) is 0 Å². The average Bonchev–Trinajstić information content (AvgIpc) is 2.94. The molecular weight excluding hydrogens is 498 g/mol. The van der Waals surface area contributed by atoms with Crippen molar-refractivity contribution in [1.82, 2.24) is 5.43 Å². The van der Waals surface area contributed by atoms with E-state index < -0.39 is 5.97 Å². The van der Waals surface area contributed by atoms with E-state index in [0.717, 1.165) is 21.0 Å². The van der Waals surface area contributed by atoms with E-state index >= 15 is 0 Å². The number of anilines is 2. The Labute approximate surface area is 224 Å². The van der Waals surface area contributed by atoms with Crippen LogP contribution in [0.25, 0.3) is 0 Å². The molecule has 1 aliphatic heterocycles. The number of hydrogen-bond donors (Lipinski definition) is 1. The third-order valence-corrected chi connectivity index (χ3v) is 6.95. The molecule has 0 unspecified atom stereocenters. The molecular formula is C30H23N3O4S. The first kappa shape index (κ1) is 25.0. The summed E-state index contributed by atoms with van der Waals surface area (Å²) < 4.78 is 5.35. The molecule has 0 spiro atoms.